The monoisotopic (exact) mass is 407 g/mol. The first-order valence-electron chi connectivity index (χ1n) is 8.87. The minimum Gasteiger partial charge on any atom is -0.378 e. The molecule has 0 spiro atoms. The van der Waals surface area contributed by atoms with Crippen molar-refractivity contribution in [3.63, 3.8) is 0 Å². The van der Waals surface area contributed by atoms with Crippen LogP contribution in [0.1, 0.15) is 6.92 Å². The number of ether oxygens (including phenoxy) is 1. The molecule has 28 heavy (non-hydrogen) atoms. The number of anilines is 2. The lowest BCUT2D eigenvalue weighted by Gasteiger charge is -2.29. The number of halogens is 1. The molecule has 3 rings (SSSR count). The predicted molar refractivity (Wildman–Crippen MR) is 104 cm³/mol. The highest BCUT2D eigenvalue weighted by Crippen LogP contribution is 2.19. The summed E-state index contributed by atoms with van der Waals surface area (Å²) in [6.07, 6.45) is 0. The molecule has 0 radical (unpaired) electrons. The van der Waals surface area contributed by atoms with Crippen LogP contribution in [0.5, 0.6) is 0 Å². The van der Waals surface area contributed by atoms with E-state index >= 15 is 0 Å². The van der Waals surface area contributed by atoms with Crippen molar-refractivity contribution < 1.29 is 22.3 Å². The summed E-state index contributed by atoms with van der Waals surface area (Å²) < 4.78 is 45.8. The molecule has 1 aliphatic rings. The Labute approximate surface area is 163 Å². The molecule has 7 nitrogen and oxygen atoms in total. The van der Waals surface area contributed by atoms with E-state index in [1.165, 1.54) is 19.1 Å². The van der Waals surface area contributed by atoms with Gasteiger partial charge in [-0.1, -0.05) is 12.1 Å². The fourth-order valence-electron chi connectivity index (χ4n) is 2.84. The first-order chi connectivity index (χ1) is 13.4. The van der Waals surface area contributed by atoms with E-state index in [0.717, 1.165) is 30.9 Å². The van der Waals surface area contributed by atoms with Crippen molar-refractivity contribution in [2.75, 3.05) is 36.5 Å². The molecule has 2 aromatic rings. The summed E-state index contributed by atoms with van der Waals surface area (Å²) in [6, 6.07) is 11.2. The van der Waals surface area contributed by atoms with Crippen LogP contribution in [0.15, 0.2) is 53.4 Å². The van der Waals surface area contributed by atoms with Gasteiger partial charge in [0, 0.05) is 24.5 Å². The fourth-order valence-corrected chi connectivity index (χ4v) is 4.12. The number of hydrogen-bond donors (Lipinski definition) is 2. The quantitative estimate of drug-likeness (QED) is 0.765. The Morgan fingerprint density at radius 2 is 1.75 bits per heavy atom. The van der Waals surface area contributed by atoms with Crippen LogP contribution in [-0.4, -0.2) is 46.7 Å². The zero-order valence-corrected chi connectivity index (χ0v) is 16.2. The van der Waals surface area contributed by atoms with Crippen molar-refractivity contribution in [1.82, 2.24) is 4.72 Å². The van der Waals surface area contributed by atoms with Crippen LogP contribution in [0, 0.1) is 5.82 Å². The maximum absolute atomic E-state index is 13.7. The summed E-state index contributed by atoms with van der Waals surface area (Å²) in [7, 11) is -4.15. The number of sulfonamides is 1. The molecule has 0 saturated carbocycles. The molecule has 0 aromatic heterocycles. The van der Waals surface area contributed by atoms with Gasteiger partial charge in [-0.2, -0.15) is 4.72 Å². The summed E-state index contributed by atoms with van der Waals surface area (Å²) in [4.78, 5) is 14.0. The van der Waals surface area contributed by atoms with E-state index in [1.807, 2.05) is 12.1 Å². The molecule has 2 aromatic carbocycles. The molecule has 1 aliphatic heterocycles. The Kier molecular flexibility index (Phi) is 6.28. The lowest BCUT2D eigenvalue weighted by atomic mass is 10.2. The van der Waals surface area contributed by atoms with Gasteiger partial charge in [0.25, 0.3) is 0 Å². The second-order valence-corrected chi connectivity index (χ2v) is 8.09. The van der Waals surface area contributed by atoms with E-state index in [0.29, 0.717) is 18.9 Å². The van der Waals surface area contributed by atoms with Gasteiger partial charge in [0.05, 0.1) is 19.3 Å². The van der Waals surface area contributed by atoms with Gasteiger partial charge in [0.2, 0.25) is 15.9 Å². The molecular weight excluding hydrogens is 385 g/mol. The average molecular weight is 407 g/mol. The zero-order valence-electron chi connectivity index (χ0n) is 15.4. The van der Waals surface area contributed by atoms with Crippen LogP contribution in [0.4, 0.5) is 15.8 Å². The molecule has 1 amide bonds. The van der Waals surface area contributed by atoms with Gasteiger partial charge < -0.3 is 15.0 Å². The number of hydrogen-bond acceptors (Lipinski definition) is 5. The Balaban J connectivity index is 1.61. The number of morpholine rings is 1. The van der Waals surface area contributed by atoms with Gasteiger partial charge in [0.15, 0.2) is 0 Å². The minimum atomic E-state index is -4.15. The molecule has 1 heterocycles. The van der Waals surface area contributed by atoms with Gasteiger partial charge in [0.1, 0.15) is 10.7 Å². The Hall–Kier alpha value is -2.49. The van der Waals surface area contributed by atoms with Crippen LogP contribution < -0.4 is 14.9 Å². The third kappa shape index (κ3) is 4.86. The second kappa shape index (κ2) is 8.68. The summed E-state index contributed by atoms with van der Waals surface area (Å²) in [6.45, 7) is 4.37. The van der Waals surface area contributed by atoms with Gasteiger partial charge in [-0.05, 0) is 43.3 Å². The Morgan fingerprint density at radius 3 is 2.39 bits per heavy atom. The van der Waals surface area contributed by atoms with Crippen molar-refractivity contribution in [2.24, 2.45) is 0 Å². The molecular formula is C19H22FN3O4S. The van der Waals surface area contributed by atoms with Crippen LogP contribution in [0.25, 0.3) is 0 Å². The normalized spacial score (nSPS) is 15.9. The van der Waals surface area contributed by atoms with E-state index in [2.05, 4.69) is 14.9 Å². The number of nitrogens with one attached hydrogen (secondary N) is 2. The third-order valence-corrected chi connectivity index (χ3v) is 5.94. The maximum atomic E-state index is 13.7. The van der Waals surface area contributed by atoms with Crippen LogP contribution >= 0.6 is 0 Å². The SMILES string of the molecule is C[C@H](NS(=O)(=O)c1ccccc1F)C(=O)Nc1ccc(N2CCOCC2)cc1. The number of carbonyl (C=O) groups excluding carboxylic acids is 1. The van der Waals surface area contributed by atoms with E-state index in [-0.39, 0.29) is 0 Å². The zero-order chi connectivity index (χ0) is 20.1. The molecule has 9 heteroatoms. The van der Waals surface area contributed by atoms with Crippen LogP contribution in [0.2, 0.25) is 0 Å². The highest BCUT2D eigenvalue weighted by molar-refractivity contribution is 7.89. The number of benzene rings is 2. The summed E-state index contributed by atoms with van der Waals surface area (Å²) in [5.74, 6) is -1.42. The standard InChI is InChI=1S/C19H22FN3O4S/c1-14(22-28(25,26)18-5-3-2-4-17(18)20)19(24)21-15-6-8-16(9-7-15)23-10-12-27-13-11-23/h2-9,14,22H,10-13H2,1H3,(H,21,24)/t14-/m0/s1. The smallest absolute Gasteiger partial charge is 0.244 e. The van der Waals surface area contributed by atoms with Gasteiger partial charge in [-0.15, -0.1) is 0 Å². The van der Waals surface area contributed by atoms with Crippen molar-refractivity contribution in [3.8, 4) is 0 Å². The summed E-state index contributed by atoms with van der Waals surface area (Å²) in [5, 5.41) is 2.66. The summed E-state index contributed by atoms with van der Waals surface area (Å²) in [5.41, 5.74) is 1.56. The minimum absolute atomic E-state index is 0.496. The fraction of sp³-hybridized carbons (Fsp3) is 0.316. The first kappa shape index (κ1) is 20.2. The van der Waals surface area contributed by atoms with Crippen LogP contribution in [0.3, 0.4) is 0 Å². The first-order valence-corrected chi connectivity index (χ1v) is 10.4. The van der Waals surface area contributed by atoms with Gasteiger partial charge in [-0.25, -0.2) is 12.8 Å². The summed E-state index contributed by atoms with van der Waals surface area (Å²) >= 11 is 0. The Bertz CT molecular complexity index is 928. The molecule has 2 N–H and O–H groups in total. The maximum Gasteiger partial charge on any atom is 0.244 e. The van der Waals surface area contributed by atoms with E-state index in [4.69, 9.17) is 4.74 Å². The largest absolute Gasteiger partial charge is 0.378 e. The van der Waals surface area contributed by atoms with E-state index in [1.54, 1.807) is 12.1 Å². The third-order valence-electron chi connectivity index (χ3n) is 4.36. The van der Waals surface area contributed by atoms with Crippen molar-refractivity contribution in [1.29, 1.82) is 0 Å². The van der Waals surface area contributed by atoms with Crippen LogP contribution in [-0.2, 0) is 19.6 Å². The molecule has 0 aliphatic carbocycles. The van der Waals surface area contributed by atoms with Gasteiger partial charge in [-0.3, -0.25) is 4.79 Å². The number of nitrogens with zero attached hydrogens (tertiary/aromatic N) is 1. The highest BCUT2D eigenvalue weighted by Gasteiger charge is 2.24. The lowest BCUT2D eigenvalue weighted by molar-refractivity contribution is -0.117. The molecule has 0 bridgehead atoms. The topological polar surface area (TPSA) is 87.7 Å². The van der Waals surface area contributed by atoms with Crippen molar-refractivity contribution >= 4 is 27.3 Å². The predicted octanol–water partition coefficient (Wildman–Crippen LogP) is 1.97. The molecule has 1 saturated heterocycles. The Morgan fingerprint density at radius 1 is 1.11 bits per heavy atom. The number of amides is 1. The number of carbonyl (C=O) groups is 1. The second-order valence-electron chi connectivity index (χ2n) is 6.41. The van der Waals surface area contributed by atoms with E-state index < -0.39 is 32.7 Å². The number of rotatable bonds is 6. The molecule has 0 unspecified atom stereocenters. The van der Waals surface area contributed by atoms with Crippen molar-refractivity contribution in [2.45, 2.75) is 17.9 Å². The highest BCUT2D eigenvalue weighted by atomic mass is 32.2. The molecule has 1 fully saturated rings. The van der Waals surface area contributed by atoms with Gasteiger partial charge >= 0.3 is 0 Å². The lowest BCUT2D eigenvalue weighted by Crippen LogP contribution is -2.41. The average Bonchev–Trinajstić information content (AvgIpc) is 2.69. The molecule has 150 valence electrons. The van der Waals surface area contributed by atoms with E-state index in [9.17, 15) is 17.6 Å². The van der Waals surface area contributed by atoms with Crippen molar-refractivity contribution in [3.05, 3.63) is 54.3 Å². The molecule has 1 atom stereocenters.